The molecule has 1 N–H and O–H groups in total. The molecule has 5 heteroatoms. The predicted molar refractivity (Wildman–Crippen MR) is 94.5 cm³/mol. The Labute approximate surface area is 143 Å². The predicted octanol–water partition coefficient (Wildman–Crippen LogP) is 3.26. The number of carbonyl (C=O) groups excluding carboxylic acids is 1. The average molecular weight is 326 g/mol. The third kappa shape index (κ3) is 2.76. The Morgan fingerprint density at radius 3 is 2.75 bits per heavy atom. The van der Waals surface area contributed by atoms with Crippen molar-refractivity contribution in [2.45, 2.75) is 52.6 Å². The highest BCUT2D eigenvalue weighted by molar-refractivity contribution is 5.74. The second-order valence-electron chi connectivity index (χ2n) is 7.46. The Hall–Kier alpha value is -2.04. The van der Waals surface area contributed by atoms with E-state index in [2.05, 4.69) is 42.1 Å². The summed E-state index contributed by atoms with van der Waals surface area (Å²) in [5.74, 6) is 2.17. The number of amides is 1. The van der Waals surface area contributed by atoms with Crippen molar-refractivity contribution in [2.75, 3.05) is 11.9 Å². The Morgan fingerprint density at radius 2 is 2.08 bits per heavy atom. The van der Waals surface area contributed by atoms with Crippen molar-refractivity contribution in [3.8, 4) is 0 Å². The number of fused-ring (bicyclic) bond motifs is 1. The fourth-order valence-corrected chi connectivity index (χ4v) is 3.58. The molecule has 2 aliphatic carbocycles. The highest BCUT2D eigenvalue weighted by Crippen LogP contribution is 2.39. The number of anilines is 1. The van der Waals surface area contributed by atoms with E-state index in [0.717, 1.165) is 24.5 Å². The molecule has 128 valence electrons. The Bertz CT molecular complexity index is 726. The van der Waals surface area contributed by atoms with E-state index < -0.39 is 0 Å². The number of rotatable bonds is 3. The molecule has 2 atom stereocenters. The van der Waals surface area contributed by atoms with E-state index >= 15 is 0 Å². The number of carbonyl (C=O) groups is 1. The standard InChI is InChI=1S/C19H26N4O/c1-12-4-5-15(10-13(12)2)20-19-17-11-22(14(3)24)9-8-18(17)23(21-19)16-6-7-16/h4-5,10,12-13,16H,6-9,11H2,1-3H3,(H,20,21). The van der Waals surface area contributed by atoms with Crippen LogP contribution in [0.2, 0.25) is 0 Å². The van der Waals surface area contributed by atoms with Crippen LogP contribution in [0.1, 0.15) is 50.9 Å². The monoisotopic (exact) mass is 326 g/mol. The topological polar surface area (TPSA) is 50.2 Å². The molecule has 3 aliphatic rings. The summed E-state index contributed by atoms with van der Waals surface area (Å²) in [6.07, 6.45) is 10.0. The molecule has 1 amide bonds. The zero-order valence-electron chi connectivity index (χ0n) is 14.7. The minimum Gasteiger partial charge on any atom is -0.339 e. The van der Waals surface area contributed by atoms with Crippen LogP contribution in [0.5, 0.6) is 0 Å². The molecule has 1 saturated carbocycles. The molecule has 0 saturated heterocycles. The summed E-state index contributed by atoms with van der Waals surface area (Å²) in [5.41, 5.74) is 3.63. The molecule has 2 heterocycles. The smallest absolute Gasteiger partial charge is 0.219 e. The molecule has 1 fully saturated rings. The minimum atomic E-state index is 0.144. The number of nitrogens with one attached hydrogen (secondary N) is 1. The van der Waals surface area contributed by atoms with Gasteiger partial charge in [-0.1, -0.05) is 26.0 Å². The van der Waals surface area contributed by atoms with Crippen LogP contribution >= 0.6 is 0 Å². The van der Waals surface area contributed by atoms with Gasteiger partial charge in [0.05, 0.1) is 12.6 Å². The maximum atomic E-state index is 11.8. The summed E-state index contributed by atoms with van der Waals surface area (Å²) in [4.78, 5) is 13.7. The van der Waals surface area contributed by atoms with Crippen LogP contribution in [-0.2, 0) is 17.8 Å². The van der Waals surface area contributed by atoms with Crippen molar-refractivity contribution in [1.82, 2.24) is 14.7 Å². The minimum absolute atomic E-state index is 0.144. The quantitative estimate of drug-likeness (QED) is 0.927. The summed E-state index contributed by atoms with van der Waals surface area (Å²) in [6, 6.07) is 0.563. The number of allylic oxidation sites excluding steroid dienone is 3. The SMILES string of the molecule is CC(=O)N1CCc2c(c(NC3=CC(C)C(C)C=C3)nn2C2CC2)C1. The molecule has 0 spiro atoms. The lowest BCUT2D eigenvalue weighted by Crippen LogP contribution is -2.34. The van der Waals surface area contributed by atoms with E-state index in [1.165, 1.54) is 24.1 Å². The Kier molecular flexibility index (Phi) is 3.74. The van der Waals surface area contributed by atoms with Crippen LogP contribution in [-0.4, -0.2) is 27.1 Å². The van der Waals surface area contributed by atoms with Crippen molar-refractivity contribution in [1.29, 1.82) is 0 Å². The van der Waals surface area contributed by atoms with E-state index in [9.17, 15) is 4.79 Å². The van der Waals surface area contributed by atoms with Crippen molar-refractivity contribution in [3.05, 3.63) is 35.2 Å². The van der Waals surface area contributed by atoms with Crippen LogP contribution in [0.4, 0.5) is 5.82 Å². The lowest BCUT2D eigenvalue weighted by Gasteiger charge is -2.27. The number of hydrogen-bond acceptors (Lipinski definition) is 3. The van der Waals surface area contributed by atoms with E-state index in [0.29, 0.717) is 24.4 Å². The molecule has 1 aromatic rings. The van der Waals surface area contributed by atoms with Gasteiger partial charge in [0.25, 0.3) is 0 Å². The fraction of sp³-hybridized carbons (Fsp3) is 0.579. The molecule has 0 bridgehead atoms. The first kappa shape index (κ1) is 15.5. The van der Waals surface area contributed by atoms with Crippen molar-refractivity contribution in [3.63, 3.8) is 0 Å². The van der Waals surface area contributed by atoms with Gasteiger partial charge in [-0.25, -0.2) is 0 Å². The van der Waals surface area contributed by atoms with Gasteiger partial charge in [0.2, 0.25) is 5.91 Å². The van der Waals surface area contributed by atoms with Crippen LogP contribution in [0, 0.1) is 11.8 Å². The zero-order valence-corrected chi connectivity index (χ0v) is 14.7. The van der Waals surface area contributed by atoms with Gasteiger partial charge in [0, 0.05) is 36.8 Å². The normalized spacial score (nSPS) is 26.1. The summed E-state index contributed by atoms with van der Waals surface area (Å²) in [5, 5.41) is 8.41. The van der Waals surface area contributed by atoms with Crippen molar-refractivity contribution >= 4 is 11.7 Å². The van der Waals surface area contributed by atoms with E-state index in [4.69, 9.17) is 5.10 Å². The van der Waals surface area contributed by atoms with Gasteiger partial charge in [0.15, 0.2) is 5.82 Å². The molecule has 4 rings (SSSR count). The molecule has 1 aliphatic heterocycles. The lowest BCUT2D eigenvalue weighted by molar-refractivity contribution is -0.129. The maximum absolute atomic E-state index is 11.8. The van der Waals surface area contributed by atoms with Gasteiger partial charge in [-0.2, -0.15) is 5.10 Å². The first-order valence-corrected chi connectivity index (χ1v) is 9.05. The fourth-order valence-electron chi connectivity index (χ4n) is 3.58. The summed E-state index contributed by atoms with van der Waals surface area (Å²) < 4.78 is 2.22. The Balaban J connectivity index is 1.64. The van der Waals surface area contributed by atoms with Gasteiger partial charge >= 0.3 is 0 Å². The largest absolute Gasteiger partial charge is 0.339 e. The van der Waals surface area contributed by atoms with E-state index in [1.807, 2.05) is 4.90 Å². The molecule has 24 heavy (non-hydrogen) atoms. The van der Waals surface area contributed by atoms with Crippen LogP contribution < -0.4 is 5.32 Å². The molecule has 1 aromatic heterocycles. The average Bonchev–Trinajstić information content (AvgIpc) is 3.34. The van der Waals surface area contributed by atoms with Gasteiger partial charge in [-0.05, 0) is 30.8 Å². The van der Waals surface area contributed by atoms with Crippen LogP contribution in [0.3, 0.4) is 0 Å². The second kappa shape index (κ2) is 5.80. The number of aromatic nitrogens is 2. The summed E-state index contributed by atoms with van der Waals surface area (Å²) in [7, 11) is 0. The molecule has 0 aromatic carbocycles. The highest BCUT2D eigenvalue weighted by Gasteiger charge is 2.33. The van der Waals surface area contributed by atoms with Gasteiger partial charge in [-0.3, -0.25) is 9.48 Å². The van der Waals surface area contributed by atoms with Gasteiger partial charge in [-0.15, -0.1) is 0 Å². The third-order valence-electron chi connectivity index (χ3n) is 5.54. The third-order valence-corrected chi connectivity index (χ3v) is 5.54. The molecular weight excluding hydrogens is 300 g/mol. The summed E-state index contributed by atoms with van der Waals surface area (Å²) in [6.45, 7) is 7.60. The molecule has 0 radical (unpaired) electrons. The molecule has 2 unspecified atom stereocenters. The van der Waals surface area contributed by atoms with E-state index in [1.54, 1.807) is 6.92 Å². The van der Waals surface area contributed by atoms with Gasteiger partial charge in [0.1, 0.15) is 0 Å². The molecular formula is C19H26N4O. The maximum Gasteiger partial charge on any atom is 0.219 e. The summed E-state index contributed by atoms with van der Waals surface area (Å²) >= 11 is 0. The van der Waals surface area contributed by atoms with Crippen molar-refractivity contribution in [2.24, 2.45) is 11.8 Å². The molecule has 5 nitrogen and oxygen atoms in total. The first-order chi connectivity index (χ1) is 11.5. The Morgan fingerprint density at radius 1 is 1.29 bits per heavy atom. The number of nitrogens with zero attached hydrogens (tertiary/aromatic N) is 3. The lowest BCUT2D eigenvalue weighted by atomic mass is 9.90. The van der Waals surface area contributed by atoms with Gasteiger partial charge < -0.3 is 10.2 Å². The van der Waals surface area contributed by atoms with E-state index in [-0.39, 0.29) is 5.91 Å². The number of hydrogen-bond donors (Lipinski definition) is 1. The van der Waals surface area contributed by atoms with Crippen LogP contribution in [0.25, 0.3) is 0 Å². The highest BCUT2D eigenvalue weighted by atomic mass is 16.2. The first-order valence-electron chi connectivity index (χ1n) is 9.05. The van der Waals surface area contributed by atoms with Crippen molar-refractivity contribution < 1.29 is 4.79 Å². The van der Waals surface area contributed by atoms with Crippen LogP contribution in [0.15, 0.2) is 23.9 Å². The zero-order chi connectivity index (χ0) is 16.8. The second-order valence-corrected chi connectivity index (χ2v) is 7.46.